The van der Waals surface area contributed by atoms with Crippen molar-refractivity contribution in [3.05, 3.63) is 51.1 Å². The van der Waals surface area contributed by atoms with Crippen LogP contribution in [0.1, 0.15) is 18.7 Å². The van der Waals surface area contributed by atoms with E-state index in [1.807, 2.05) is 31.4 Å². The molecule has 0 saturated carbocycles. The molecule has 3 aromatic rings. The second kappa shape index (κ2) is 6.54. The first-order chi connectivity index (χ1) is 11.5. The molecule has 6 nitrogen and oxygen atoms in total. The van der Waals surface area contributed by atoms with Crippen LogP contribution in [0.4, 0.5) is 0 Å². The lowest BCUT2D eigenvalue weighted by molar-refractivity contribution is 0.582. The zero-order chi connectivity index (χ0) is 17.3. The van der Waals surface area contributed by atoms with Gasteiger partial charge in [-0.15, -0.1) is 11.3 Å². The molecule has 0 spiro atoms. The van der Waals surface area contributed by atoms with Gasteiger partial charge in [0.15, 0.2) is 0 Å². The van der Waals surface area contributed by atoms with Gasteiger partial charge in [0.05, 0.1) is 15.9 Å². The number of thiophene rings is 1. The first kappa shape index (κ1) is 16.9. The molecule has 0 saturated heterocycles. The van der Waals surface area contributed by atoms with Gasteiger partial charge in [-0.25, -0.2) is 17.9 Å². The van der Waals surface area contributed by atoms with E-state index in [1.54, 1.807) is 27.3 Å². The second-order valence-electron chi connectivity index (χ2n) is 5.33. The predicted octanol–water partition coefficient (Wildman–Crippen LogP) is 2.38. The molecule has 0 aliphatic rings. The molecule has 128 valence electrons. The highest BCUT2D eigenvalue weighted by Gasteiger charge is 2.18. The Morgan fingerprint density at radius 3 is 2.42 bits per heavy atom. The van der Waals surface area contributed by atoms with E-state index in [0.29, 0.717) is 18.6 Å². The average Bonchev–Trinajstić information content (AvgIpc) is 3.17. The van der Waals surface area contributed by atoms with E-state index in [4.69, 9.17) is 0 Å². The van der Waals surface area contributed by atoms with Crippen molar-refractivity contribution in [2.45, 2.75) is 38.4 Å². The van der Waals surface area contributed by atoms with Crippen molar-refractivity contribution in [3.63, 3.8) is 0 Å². The molecule has 0 bridgehead atoms. The van der Waals surface area contributed by atoms with E-state index < -0.39 is 10.0 Å². The van der Waals surface area contributed by atoms with Crippen molar-refractivity contribution in [3.8, 4) is 0 Å². The highest BCUT2D eigenvalue weighted by Crippen LogP contribution is 2.19. The summed E-state index contributed by atoms with van der Waals surface area (Å²) >= 11 is 1.50. The Morgan fingerprint density at radius 2 is 1.79 bits per heavy atom. The second-order valence-corrected chi connectivity index (χ2v) is 8.12. The molecule has 0 atom stereocenters. The van der Waals surface area contributed by atoms with Crippen molar-refractivity contribution in [1.29, 1.82) is 0 Å². The summed E-state index contributed by atoms with van der Waals surface area (Å²) in [6.07, 6.45) is 0. The number of rotatable bonds is 6. The minimum Gasteiger partial charge on any atom is -0.292 e. The van der Waals surface area contributed by atoms with Gasteiger partial charge in [-0.3, -0.25) is 9.13 Å². The number of aryl methyl sites for hydroxylation is 2. The molecular weight excluding hydrogens is 346 g/mol. The van der Waals surface area contributed by atoms with Crippen LogP contribution in [0.25, 0.3) is 11.0 Å². The standard InChI is InChI=1S/C16H19N3O3S2/c1-3-18-14-8-7-13(10-15(14)19(4-2)16(18)20)24(21,22)17-11-12-6-5-9-23-12/h5-10,17H,3-4,11H2,1-2H3. The number of imidazole rings is 1. The van der Waals surface area contributed by atoms with Gasteiger partial charge in [-0.2, -0.15) is 0 Å². The molecule has 24 heavy (non-hydrogen) atoms. The normalized spacial score (nSPS) is 12.1. The Labute approximate surface area is 144 Å². The molecular formula is C16H19N3O3S2. The van der Waals surface area contributed by atoms with Crippen molar-refractivity contribution >= 4 is 32.4 Å². The molecule has 0 aliphatic carbocycles. The lowest BCUT2D eigenvalue weighted by atomic mass is 10.3. The summed E-state index contributed by atoms with van der Waals surface area (Å²) in [5, 5.41) is 1.91. The van der Waals surface area contributed by atoms with Gasteiger partial charge in [0.25, 0.3) is 0 Å². The van der Waals surface area contributed by atoms with Crippen LogP contribution >= 0.6 is 11.3 Å². The van der Waals surface area contributed by atoms with Crippen LogP contribution in [-0.2, 0) is 29.7 Å². The molecule has 3 rings (SSSR count). The molecule has 0 unspecified atom stereocenters. The van der Waals surface area contributed by atoms with Gasteiger partial charge in [-0.05, 0) is 43.5 Å². The molecule has 0 amide bonds. The van der Waals surface area contributed by atoms with E-state index in [1.165, 1.54) is 11.3 Å². The quantitative estimate of drug-likeness (QED) is 0.729. The summed E-state index contributed by atoms with van der Waals surface area (Å²) in [6.45, 7) is 5.07. The summed E-state index contributed by atoms with van der Waals surface area (Å²) in [6, 6.07) is 8.58. The van der Waals surface area contributed by atoms with E-state index in [0.717, 1.165) is 10.4 Å². The average molecular weight is 365 g/mol. The number of sulfonamides is 1. The highest BCUT2D eigenvalue weighted by molar-refractivity contribution is 7.89. The molecule has 2 heterocycles. The molecule has 0 radical (unpaired) electrons. The van der Waals surface area contributed by atoms with Crippen molar-refractivity contribution in [1.82, 2.24) is 13.9 Å². The Balaban J connectivity index is 2.02. The number of aromatic nitrogens is 2. The van der Waals surface area contributed by atoms with E-state index in [9.17, 15) is 13.2 Å². The maximum absolute atomic E-state index is 12.5. The topological polar surface area (TPSA) is 73.1 Å². The van der Waals surface area contributed by atoms with Crippen molar-refractivity contribution in [2.75, 3.05) is 0 Å². The fourth-order valence-corrected chi connectivity index (χ4v) is 4.50. The van der Waals surface area contributed by atoms with Crippen LogP contribution < -0.4 is 10.4 Å². The Hall–Kier alpha value is -1.90. The summed E-state index contributed by atoms with van der Waals surface area (Å²) in [4.78, 5) is 13.5. The van der Waals surface area contributed by atoms with Crippen molar-refractivity contribution < 1.29 is 8.42 Å². The predicted molar refractivity (Wildman–Crippen MR) is 95.9 cm³/mol. The molecule has 0 aliphatic heterocycles. The van der Waals surface area contributed by atoms with Gasteiger partial charge < -0.3 is 0 Å². The molecule has 1 aromatic carbocycles. The third-order valence-electron chi connectivity index (χ3n) is 3.95. The van der Waals surface area contributed by atoms with E-state index >= 15 is 0 Å². The molecule has 8 heteroatoms. The van der Waals surface area contributed by atoms with Crippen LogP contribution in [0.15, 0.2) is 45.4 Å². The number of nitrogens with one attached hydrogen (secondary N) is 1. The van der Waals surface area contributed by atoms with E-state index in [-0.39, 0.29) is 17.1 Å². The van der Waals surface area contributed by atoms with Gasteiger partial charge in [0, 0.05) is 24.5 Å². The lowest BCUT2D eigenvalue weighted by Gasteiger charge is -2.07. The maximum atomic E-state index is 12.5. The number of nitrogens with zero attached hydrogens (tertiary/aromatic N) is 2. The van der Waals surface area contributed by atoms with Gasteiger partial charge in [0.2, 0.25) is 10.0 Å². The number of fused-ring (bicyclic) bond motifs is 1. The van der Waals surface area contributed by atoms with Crippen LogP contribution in [0.2, 0.25) is 0 Å². The third kappa shape index (κ3) is 2.92. The van der Waals surface area contributed by atoms with Crippen LogP contribution in [0.5, 0.6) is 0 Å². The van der Waals surface area contributed by atoms with Crippen molar-refractivity contribution in [2.24, 2.45) is 0 Å². The minimum atomic E-state index is -3.63. The number of benzene rings is 1. The zero-order valence-electron chi connectivity index (χ0n) is 13.5. The van der Waals surface area contributed by atoms with Crippen LogP contribution in [0.3, 0.4) is 0 Å². The summed E-state index contributed by atoms with van der Waals surface area (Å²) in [5.41, 5.74) is 1.28. The number of hydrogen-bond donors (Lipinski definition) is 1. The molecule has 2 aromatic heterocycles. The smallest absolute Gasteiger partial charge is 0.292 e. The molecule has 1 N–H and O–H groups in total. The van der Waals surface area contributed by atoms with Gasteiger partial charge in [-0.1, -0.05) is 6.07 Å². The third-order valence-corrected chi connectivity index (χ3v) is 6.22. The Kier molecular flexibility index (Phi) is 4.62. The minimum absolute atomic E-state index is 0.115. The van der Waals surface area contributed by atoms with Crippen LogP contribution in [-0.4, -0.2) is 17.6 Å². The Morgan fingerprint density at radius 1 is 1.08 bits per heavy atom. The monoisotopic (exact) mass is 365 g/mol. The Bertz CT molecular complexity index is 1010. The first-order valence-electron chi connectivity index (χ1n) is 7.73. The van der Waals surface area contributed by atoms with Gasteiger partial charge >= 0.3 is 5.69 Å². The number of hydrogen-bond acceptors (Lipinski definition) is 4. The zero-order valence-corrected chi connectivity index (χ0v) is 15.2. The highest BCUT2D eigenvalue weighted by atomic mass is 32.2. The fraction of sp³-hybridized carbons (Fsp3) is 0.312. The largest absolute Gasteiger partial charge is 0.329 e. The summed E-state index contributed by atoms with van der Waals surface area (Å²) < 4.78 is 30.9. The van der Waals surface area contributed by atoms with Gasteiger partial charge in [0.1, 0.15) is 0 Å². The summed E-state index contributed by atoms with van der Waals surface area (Å²) in [7, 11) is -3.63. The SMILES string of the molecule is CCn1c(=O)n(CC)c2cc(S(=O)(=O)NCc3cccs3)ccc21. The fourth-order valence-electron chi connectivity index (χ4n) is 2.74. The maximum Gasteiger partial charge on any atom is 0.329 e. The van der Waals surface area contributed by atoms with E-state index in [2.05, 4.69) is 4.72 Å². The summed E-state index contributed by atoms with van der Waals surface area (Å²) in [5.74, 6) is 0. The first-order valence-corrected chi connectivity index (χ1v) is 10.1. The lowest BCUT2D eigenvalue weighted by Crippen LogP contribution is -2.23. The van der Waals surface area contributed by atoms with Crippen LogP contribution in [0, 0.1) is 0 Å². The molecule has 0 fully saturated rings.